The van der Waals surface area contributed by atoms with Crippen LogP contribution in [0.25, 0.3) is 0 Å². The van der Waals surface area contributed by atoms with E-state index in [0.29, 0.717) is 23.6 Å². The summed E-state index contributed by atoms with van der Waals surface area (Å²) in [4.78, 5) is 17.8. The summed E-state index contributed by atoms with van der Waals surface area (Å²) in [7, 11) is 0. The first-order valence-corrected chi connectivity index (χ1v) is 8.11. The summed E-state index contributed by atoms with van der Waals surface area (Å²) < 4.78 is 12.4. The number of hydrogen-bond donors (Lipinski definition) is 1. The minimum Gasteiger partial charge on any atom is -0.454 e. The third-order valence-corrected chi connectivity index (χ3v) is 4.18. The average molecular weight is 342 g/mol. The lowest BCUT2D eigenvalue weighted by Crippen LogP contribution is -2.28. The molecule has 1 amide bonds. The van der Waals surface area contributed by atoms with Gasteiger partial charge in [-0.15, -0.1) is 0 Å². The minimum atomic E-state index is -0.662. The van der Waals surface area contributed by atoms with E-state index in [1.54, 1.807) is 18.2 Å². The number of hydrogen-bond acceptors (Lipinski definition) is 6. The number of rotatable bonds is 4. The zero-order valence-corrected chi connectivity index (χ0v) is 14.0. The molecular formula is C17H18N4O4. The van der Waals surface area contributed by atoms with Gasteiger partial charge in [-0.05, 0) is 26.0 Å². The second-order valence-corrected chi connectivity index (χ2v) is 5.88. The van der Waals surface area contributed by atoms with Gasteiger partial charge >= 0.3 is 0 Å². The van der Waals surface area contributed by atoms with Gasteiger partial charge in [0.1, 0.15) is 0 Å². The van der Waals surface area contributed by atoms with Gasteiger partial charge in [0.05, 0.1) is 11.4 Å². The van der Waals surface area contributed by atoms with Gasteiger partial charge in [-0.2, -0.15) is 5.10 Å². The first-order chi connectivity index (χ1) is 12.1. The molecule has 4 rings (SSSR count). The maximum Gasteiger partial charge on any atom is 0.268 e. The Bertz CT molecular complexity index is 858. The molecular weight excluding hydrogens is 324 g/mol. The van der Waals surface area contributed by atoms with E-state index in [-0.39, 0.29) is 12.7 Å². The van der Waals surface area contributed by atoms with Crippen LogP contribution < -0.4 is 14.8 Å². The Balaban J connectivity index is 1.42. The third-order valence-electron chi connectivity index (χ3n) is 4.18. The summed E-state index contributed by atoms with van der Waals surface area (Å²) in [5.74, 6) is 1.03. The predicted octanol–water partition coefficient (Wildman–Crippen LogP) is 2.07. The Morgan fingerprint density at radius 1 is 1.36 bits per heavy atom. The van der Waals surface area contributed by atoms with Crippen molar-refractivity contribution in [1.29, 1.82) is 0 Å². The molecule has 1 N–H and O–H groups in total. The van der Waals surface area contributed by atoms with Gasteiger partial charge in [0.15, 0.2) is 11.5 Å². The number of aromatic nitrogens is 2. The number of nitrogens with zero attached hydrogens (tertiary/aromatic N) is 3. The van der Waals surface area contributed by atoms with E-state index in [1.165, 1.54) is 0 Å². The Morgan fingerprint density at radius 2 is 2.20 bits per heavy atom. The van der Waals surface area contributed by atoms with Gasteiger partial charge < -0.3 is 19.6 Å². The lowest BCUT2D eigenvalue weighted by Gasteiger charge is -2.09. The summed E-state index contributed by atoms with van der Waals surface area (Å²) in [5.41, 5.74) is 3.16. The summed E-state index contributed by atoms with van der Waals surface area (Å²) in [6.45, 7) is 4.91. The Kier molecular flexibility index (Phi) is 3.79. The molecule has 8 nitrogen and oxygen atoms in total. The van der Waals surface area contributed by atoms with Crippen LogP contribution in [0.5, 0.6) is 11.5 Å². The normalized spacial score (nSPS) is 18.0. The van der Waals surface area contributed by atoms with Crippen LogP contribution in [0.15, 0.2) is 29.6 Å². The van der Waals surface area contributed by atoms with E-state index in [2.05, 4.69) is 15.6 Å². The quantitative estimate of drug-likeness (QED) is 0.919. The molecule has 0 aliphatic carbocycles. The van der Waals surface area contributed by atoms with E-state index < -0.39 is 6.10 Å². The highest BCUT2D eigenvalue weighted by Crippen LogP contribution is 2.34. The van der Waals surface area contributed by atoms with E-state index in [4.69, 9.17) is 14.3 Å². The second kappa shape index (κ2) is 6.12. The molecule has 2 aliphatic rings. The van der Waals surface area contributed by atoms with Crippen LogP contribution in [-0.4, -0.2) is 34.3 Å². The van der Waals surface area contributed by atoms with Crippen molar-refractivity contribution in [3.63, 3.8) is 0 Å². The van der Waals surface area contributed by atoms with Crippen LogP contribution in [0.3, 0.4) is 0 Å². The highest BCUT2D eigenvalue weighted by molar-refractivity contribution is 6.06. The first-order valence-electron chi connectivity index (χ1n) is 8.11. The third kappa shape index (κ3) is 2.90. The molecule has 0 bridgehead atoms. The van der Waals surface area contributed by atoms with Crippen molar-refractivity contribution in [1.82, 2.24) is 9.78 Å². The minimum absolute atomic E-state index is 0.195. The molecule has 1 aromatic carbocycles. The monoisotopic (exact) mass is 342 g/mol. The lowest BCUT2D eigenvalue weighted by atomic mass is 10.1. The van der Waals surface area contributed by atoms with Crippen LogP contribution in [-0.2, 0) is 16.2 Å². The molecule has 1 atom stereocenters. The van der Waals surface area contributed by atoms with Crippen molar-refractivity contribution in [3.8, 4) is 11.5 Å². The number of aryl methyl sites for hydroxylation is 2. The fraction of sp³-hybridized carbons (Fsp3) is 0.353. The fourth-order valence-corrected chi connectivity index (χ4v) is 2.84. The summed E-state index contributed by atoms with van der Waals surface area (Å²) >= 11 is 0. The standard InChI is InChI=1S/C17H18N4O4/c1-3-21-8-12(10(2)19-21)13-7-16(25-20-13)17(22)18-11-4-5-14-15(6-11)24-9-23-14/h4-6,8,16H,3,7,9H2,1-2H3,(H,18,22)/t16-/m0/s1. The van der Waals surface area contributed by atoms with E-state index >= 15 is 0 Å². The molecule has 0 fully saturated rings. The first kappa shape index (κ1) is 15.5. The topological polar surface area (TPSA) is 87.0 Å². The Labute approximate surface area is 144 Å². The lowest BCUT2D eigenvalue weighted by molar-refractivity contribution is -0.125. The number of carbonyl (C=O) groups is 1. The van der Waals surface area contributed by atoms with Crippen molar-refractivity contribution in [3.05, 3.63) is 35.7 Å². The number of fused-ring (bicyclic) bond motifs is 1. The zero-order chi connectivity index (χ0) is 17.4. The second-order valence-electron chi connectivity index (χ2n) is 5.88. The molecule has 2 aromatic rings. The van der Waals surface area contributed by atoms with Crippen molar-refractivity contribution in [2.24, 2.45) is 5.16 Å². The molecule has 2 aliphatic heterocycles. The maximum absolute atomic E-state index is 12.4. The van der Waals surface area contributed by atoms with E-state index in [9.17, 15) is 4.79 Å². The molecule has 0 radical (unpaired) electrons. The van der Waals surface area contributed by atoms with Gasteiger partial charge in [0, 0.05) is 36.5 Å². The molecule has 3 heterocycles. The van der Waals surface area contributed by atoms with Crippen molar-refractivity contribution >= 4 is 17.3 Å². The molecule has 0 saturated heterocycles. The Morgan fingerprint density at radius 3 is 3.00 bits per heavy atom. The maximum atomic E-state index is 12.4. The molecule has 0 unspecified atom stereocenters. The average Bonchev–Trinajstić information content (AvgIpc) is 3.32. The number of carbonyl (C=O) groups excluding carboxylic acids is 1. The number of benzene rings is 1. The SMILES string of the molecule is CCn1cc(C2=NO[C@H](C(=O)Nc3ccc4c(c3)OCO4)C2)c(C)n1. The molecule has 8 heteroatoms. The van der Waals surface area contributed by atoms with Gasteiger partial charge in [0.2, 0.25) is 12.9 Å². The predicted molar refractivity (Wildman–Crippen MR) is 89.9 cm³/mol. The summed E-state index contributed by atoms with van der Waals surface area (Å²) in [5, 5.41) is 11.3. The van der Waals surface area contributed by atoms with E-state index in [1.807, 2.05) is 24.7 Å². The number of nitrogens with one attached hydrogen (secondary N) is 1. The molecule has 0 spiro atoms. The van der Waals surface area contributed by atoms with Crippen molar-refractivity contribution < 1.29 is 19.1 Å². The summed E-state index contributed by atoms with van der Waals surface area (Å²) in [6, 6.07) is 5.25. The number of amides is 1. The van der Waals surface area contributed by atoms with Crippen LogP contribution in [0.1, 0.15) is 24.6 Å². The largest absolute Gasteiger partial charge is 0.454 e. The highest BCUT2D eigenvalue weighted by Gasteiger charge is 2.30. The van der Waals surface area contributed by atoms with Gasteiger partial charge in [-0.1, -0.05) is 5.16 Å². The van der Waals surface area contributed by atoms with Gasteiger partial charge in [0.25, 0.3) is 5.91 Å². The molecule has 0 saturated carbocycles. The van der Waals surface area contributed by atoms with Crippen LogP contribution in [0.2, 0.25) is 0 Å². The number of ether oxygens (including phenoxy) is 2. The smallest absolute Gasteiger partial charge is 0.268 e. The van der Waals surface area contributed by atoms with Crippen molar-refractivity contribution in [2.75, 3.05) is 12.1 Å². The van der Waals surface area contributed by atoms with Gasteiger partial charge in [-0.3, -0.25) is 9.48 Å². The zero-order valence-electron chi connectivity index (χ0n) is 14.0. The number of oxime groups is 1. The van der Waals surface area contributed by atoms with Crippen molar-refractivity contribution in [2.45, 2.75) is 32.9 Å². The van der Waals surface area contributed by atoms with Crippen LogP contribution in [0, 0.1) is 6.92 Å². The van der Waals surface area contributed by atoms with Crippen LogP contribution in [0.4, 0.5) is 5.69 Å². The molecule has 1 aromatic heterocycles. The molecule has 25 heavy (non-hydrogen) atoms. The summed E-state index contributed by atoms with van der Waals surface area (Å²) in [6.07, 6.45) is 1.67. The van der Waals surface area contributed by atoms with Crippen LogP contribution >= 0.6 is 0 Å². The Hall–Kier alpha value is -3.03. The van der Waals surface area contributed by atoms with Gasteiger partial charge in [-0.25, -0.2) is 0 Å². The number of anilines is 1. The van der Waals surface area contributed by atoms with E-state index in [0.717, 1.165) is 23.5 Å². The molecule has 130 valence electrons. The highest BCUT2D eigenvalue weighted by atomic mass is 16.7. The fourth-order valence-electron chi connectivity index (χ4n) is 2.84.